The third-order valence-corrected chi connectivity index (χ3v) is 6.91. The van der Waals surface area contributed by atoms with Crippen molar-refractivity contribution in [2.45, 2.75) is 43.2 Å². The van der Waals surface area contributed by atoms with Gasteiger partial charge in [0.05, 0.1) is 34.2 Å². The molecule has 180 valence electrons. The monoisotopic (exact) mass is 492 g/mol. The maximum atomic E-state index is 13.1. The number of sulfone groups is 1. The van der Waals surface area contributed by atoms with Gasteiger partial charge < -0.3 is 10.3 Å². The maximum absolute atomic E-state index is 13.1. The van der Waals surface area contributed by atoms with Crippen molar-refractivity contribution in [2.75, 3.05) is 6.26 Å². The summed E-state index contributed by atoms with van der Waals surface area (Å²) in [6, 6.07) is 10.6. The third kappa shape index (κ3) is 5.48. The van der Waals surface area contributed by atoms with Crippen LogP contribution in [0.3, 0.4) is 0 Å². The van der Waals surface area contributed by atoms with Crippen LogP contribution in [0.2, 0.25) is 0 Å². The molecular formula is C23H23F3N4O3S. The molecule has 0 spiro atoms. The first-order valence-corrected chi connectivity index (χ1v) is 12.4. The molecule has 0 saturated carbocycles. The zero-order chi connectivity index (χ0) is 24.5. The van der Waals surface area contributed by atoms with E-state index in [1.54, 1.807) is 18.5 Å². The summed E-state index contributed by atoms with van der Waals surface area (Å²) < 4.78 is 61.7. The molecule has 1 amide bonds. The van der Waals surface area contributed by atoms with Crippen molar-refractivity contribution in [3.8, 4) is 0 Å². The molecule has 1 aromatic heterocycles. The average molecular weight is 493 g/mol. The number of nitrogens with one attached hydrogen (secondary N) is 2. The first-order chi connectivity index (χ1) is 16.0. The van der Waals surface area contributed by atoms with Crippen molar-refractivity contribution >= 4 is 15.7 Å². The number of H-pyrrole nitrogens is 1. The van der Waals surface area contributed by atoms with Gasteiger partial charge >= 0.3 is 6.18 Å². The normalized spacial score (nSPS) is 16.8. The number of aromatic nitrogens is 2. The van der Waals surface area contributed by atoms with Crippen LogP contribution in [0.1, 0.15) is 28.1 Å². The van der Waals surface area contributed by atoms with Gasteiger partial charge in [-0.1, -0.05) is 24.3 Å². The van der Waals surface area contributed by atoms with Gasteiger partial charge in [0.1, 0.15) is 0 Å². The molecule has 11 heteroatoms. The summed E-state index contributed by atoms with van der Waals surface area (Å²) in [7, 11) is -3.31. The highest BCUT2D eigenvalue weighted by atomic mass is 32.2. The molecule has 1 aliphatic rings. The molecule has 0 saturated heterocycles. The van der Waals surface area contributed by atoms with Gasteiger partial charge in [0.25, 0.3) is 0 Å². The number of rotatable bonds is 6. The Labute approximate surface area is 194 Å². The van der Waals surface area contributed by atoms with Gasteiger partial charge in [-0.3, -0.25) is 9.69 Å². The molecule has 2 N–H and O–H groups in total. The molecule has 34 heavy (non-hydrogen) atoms. The van der Waals surface area contributed by atoms with Crippen LogP contribution in [0.25, 0.3) is 0 Å². The standard InChI is InChI=1S/C23H23F3N4O3S/c1-34(32,33)18-8-4-16(5-9-18)12-30-13-20-19(28-14-29-20)10-21(30)22(31)27-11-15-2-6-17(7-3-15)23(24,25)26/h2-9,14,21H,10-13H2,1H3,(H,27,31)(H,28,29)/t21-/m0/s1. The van der Waals surface area contributed by atoms with E-state index in [0.29, 0.717) is 25.1 Å². The molecule has 1 atom stereocenters. The van der Waals surface area contributed by atoms with E-state index in [2.05, 4.69) is 15.3 Å². The number of benzene rings is 2. The smallest absolute Gasteiger partial charge is 0.351 e. The van der Waals surface area contributed by atoms with Crippen LogP contribution in [-0.4, -0.2) is 41.5 Å². The van der Waals surface area contributed by atoms with E-state index in [4.69, 9.17) is 0 Å². The maximum Gasteiger partial charge on any atom is 0.416 e. The second kappa shape index (κ2) is 9.22. The lowest BCUT2D eigenvalue weighted by atomic mass is 10.0. The number of amides is 1. The predicted molar refractivity (Wildman–Crippen MR) is 118 cm³/mol. The molecule has 7 nitrogen and oxygen atoms in total. The Morgan fingerprint density at radius 1 is 1.12 bits per heavy atom. The highest BCUT2D eigenvalue weighted by Gasteiger charge is 2.33. The Hall–Kier alpha value is -3.18. The van der Waals surface area contributed by atoms with Crippen molar-refractivity contribution < 1.29 is 26.4 Å². The van der Waals surface area contributed by atoms with E-state index in [0.717, 1.165) is 35.3 Å². The number of carbonyl (C=O) groups excluding carboxylic acids is 1. The quantitative estimate of drug-likeness (QED) is 0.552. The third-order valence-electron chi connectivity index (χ3n) is 5.78. The van der Waals surface area contributed by atoms with Gasteiger partial charge in [0.15, 0.2) is 9.84 Å². The summed E-state index contributed by atoms with van der Waals surface area (Å²) >= 11 is 0. The number of imidazole rings is 1. The number of carbonyl (C=O) groups is 1. The average Bonchev–Trinajstić information content (AvgIpc) is 3.24. The van der Waals surface area contributed by atoms with E-state index >= 15 is 0 Å². The molecule has 0 bridgehead atoms. The van der Waals surface area contributed by atoms with Crippen molar-refractivity contribution in [3.63, 3.8) is 0 Å². The number of hydrogen-bond acceptors (Lipinski definition) is 5. The highest BCUT2D eigenvalue weighted by molar-refractivity contribution is 7.90. The van der Waals surface area contributed by atoms with Crippen LogP contribution in [-0.2, 0) is 46.9 Å². The molecule has 0 radical (unpaired) electrons. The van der Waals surface area contributed by atoms with E-state index < -0.39 is 27.6 Å². The van der Waals surface area contributed by atoms with Crippen LogP contribution in [0.15, 0.2) is 59.8 Å². The molecule has 0 unspecified atom stereocenters. The molecule has 4 rings (SSSR count). The van der Waals surface area contributed by atoms with E-state index in [1.165, 1.54) is 24.3 Å². The van der Waals surface area contributed by atoms with Crippen molar-refractivity contribution in [3.05, 3.63) is 82.9 Å². The van der Waals surface area contributed by atoms with Crippen LogP contribution >= 0.6 is 0 Å². The molecule has 3 aromatic rings. The van der Waals surface area contributed by atoms with Gasteiger partial charge in [0.2, 0.25) is 5.91 Å². The second-order valence-corrected chi connectivity index (χ2v) is 10.3. The first-order valence-electron chi connectivity index (χ1n) is 10.5. The van der Waals surface area contributed by atoms with Gasteiger partial charge in [-0.15, -0.1) is 0 Å². The van der Waals surface area contributed by atoms with Gasteiger partial charge in [0, 0.05) is 32.3 Å². The lowest BCUT2D eigenvalue weighted by Gasteiger charge is -2.34. The lowest BCUT2D eigenvalue weighted by molar-refractivity contribution is -0.137. The van der Waals surface area contributed by atoms with Crippen molar-refractivity contribution in [1.29, 1.82) is 0 Å². The molecular weight excluding hydrogens is 469 g/mol. The van der Waals surface area contributed by atoms with Gasteiger partial charge in [-0.05, 0) is 35.4 Å². The van der Waals surface area contributed by atoms with Crippen LogP contribution in [0.5, 0.6) is 0 Å². The zero-order valence-electron chi connectivity index (χ0n) is 18.3. The number of aromatic amines is 1. The number of alkyl halides is 3. The molecule has 2 aromatic carbocycles. The van der Waals surface area contributed by atoms with Crippen LogP contribution in [0, 0.1) is 0 Å². The molecule has 0 fully saturated rings. The summed E-state index contributed by atoms with van der Waals surface area (Å²) in [6.07, 6.45) is -1.32. The fraction of sp³-hybridized carbons (Fsp3) is 0.304. The minimum Gasteiger partial charge on any atom is -0.351 e. The summed E-state index contributed by atoms with van der Waals surface area (Å²) in [5.74, 6) is -0.263. The van der Waals surface area contributed by atoms with Gasteiger partial charge in [-0.2, -0.15) is 13.2 Å². The Morgan fingerprint density at radius 2 is 1.76 bits per heavy atom. The van der Waals surface area contributed by atoms with E-state index in [-0.39, 0.29) is 17.3 Å². The largest absolute Gasteiger partial charge is 0.416 e. The minimum absolute atomic E-state index is 0.0950. The Kier molecular flexibility index (Phi) is 6.50. The van der Waals surface area contributed by atoms with Crippen molar-refractivity contribution in [2.24, 2.45) is 0 Å². The molecule has 2 heterocycles. The van der Waals surface area contributed by atoms with E-state index in [9.17, 15) is 26.4 Å². The number of hydrogen-bond donors (Lipinski definition) is 2. The zero-order valence-corrected chi connectivity index (χ0v) is 19.1. The fourth-order valence-electron chi connectivity index (χ4n) is 3.91. The number of fused-ring (bicyclic) bond motifs is 1. The topological polar surface area (TPSA) is 95.2 Å². The first kappa shape index (κ1) is 24.0. The molecule has 0 aliphatic carbocycles. The summed E-state index contributed by atoms with van der Waals surface area (Å²) in [5, 5.41) is 2.82. The summed E-state index contributed by atoms with van der Waals surface area (Å²) in [5.41, 5.74) is 2.35. The summed E-state index contributed by atoms with van der Waals surface area (Å²) in [4.78, 5) is 22.6. The SMILES string of the molecule is CS(=O)(=O)c1ccc(CN2Cc3[nH]cnc3C[C@H]2C(=O)NCc2ccc(C(F)(F)F)cc2)cc1. The second-order valence-electron chi connectivity index (χ2n) is 8.28. The Bertz CT molecular complexity index is 1270. The minimum atomic E-state index is -4.41. The van der Waals surface area contributed by atoms with Crippen molar-refractivity contribution in [1.82, 2.24) is 20.2 Å². The predicted octanol–water partition coefficient (Wildman–Crippen LogP) is 3.08. The van der Waals surface area contributed by atoms with Crippen LogP contribution in [0.4, 0.5) is 13.2 Å². The summed E-state index contributed by atoms with van der Waals surface area (Å²) in [6.45, 7) is 0.945. The number of nitrogens with zero attached hydrogens (tertiary/aromatic N) is 2. The number of halogens is 3. The Morgan fingerprint density at radius 3 is 2.38 bits per heavy atom. The fourth-order valence-corrected chi connectivity index (χ4v) is 4.54. The van der Waals surface area contributed by atoms with Gasteiger partial charge in [-0.25, -0.2) is 13.4 Å². The highest BCUT2D eigenvalue weighted by Crippen LogP contribution is 2.29. The van der Waals surface area contributed by atoms with Crippen LogP contribution < -0.4 is 5.32 Å². The van der Waals surface area contributed by atoms with E-state index in [1.807, 2.05) is 4.90 Å². The lowest BCUT2D eigenvalue weighted by Crippen LogP contribution is -2.49. The molecule has 1 aliphatic heterocycles. The Balaban J connectivity index is 1.47.